The Morgan fingerprint density at radius 2 is 1.58 bits per heavy atom. The highest BCUT2D eigenvalue weighted by Gasteiger charge is 2.33. The van der Waals surface area contributed by atoms with E-state index in [2.05, 4.69) is 14.9 Å². The molecule has 0 fully saturated rings. The molecule has 0 saturated heterocycles. The first-order valence-electron chi connectivity index (χ1n) is 15.2. The zero-order chi connectivity index (χ0) is 39.2. The fourth-order valence-electron chi connectivity index (χ4n) is 4.62. The molecule has 10 nitrogen and oxygen atoms in total. The molecule has 52 heavy (non-hydrogen) atoms. The van der Waals surface area contributed by atoms with Crippen LogP contribution in [0.2, 0.25) is 5.02 Å². The minimum atomic E-state index is -5.19. The summed E-state index contributed by atoms with van der Waals surface area (Å²) in [6.45, 7) is 4.70. The molecule has 1 heterocycles. The van der Waals surface area contributed by atoms with Crippen LogP contribution in [-0.4, -0.2) is 81.2 Å². The number of quaternary nitrogens is 1. The summed E-state index contributed by atoms with van der Waals surface area (Å²) in [7, 11) is 3.34. The highest BCUT2D eigenvalue weighted by Crippen LogP contribution is 2.38. The predicted molar refractivity (Wildman–Crippen MR) is 181 cm³/mol. The average molecular weight is 796 g/mol. The number of aliphatic carboxylic acids is 1. The van der Waals surface area contributed by atoms with Crippen molar-refractivity contribution in [3.63, 3.8) is 0 Å². The number of ether oxygens (including phenoxy) is 1. The van der Waals surface area contributed by atoms with Crippen LogP contribution in [0.4, 0.5) is 26.3 Å². The maximum atomic E-state index is 15.2. The van der Waals surface area contributed by atoms with Crippen molar-refractivity contribution in [3.05, 3.63) is 94.0 Å². The molecule has 0 amide bonds. The molecule has 0 aliphatic rings. The molecule has 0 radical (unpaired) electrons. The smallest absolute Gasteiger partial charge is 0.430 e. The molecule has 4 rings (SSSR count). The van der Waals surface area contributed by atoms with Crippen molar-refractivity contribution in [1.29, 1.82) is 0 Å². The average Bonchev–Trinajstić information content (AvgIpc) is 3.47. The Kier molecular flexibility index (Phi) is 13.8. The summed E-state index contributed by atoms with van der Waals surface area (Å²) >= 11 is 7.25. The molecule has 0 aliphatic carbocycles. The molecular weight excluding hydrogens is 760 g/mol. The summed E-state index contributed by atoms with van der Waals surface area (Å²) in [5.74, 6) is -4.73. The van der Waals surface area contributed by atoms with Crippen molar-refractivity contribution < 1.29 is 53.9 Å². The first-order chi connectivity index (χ1) is 24.0. The number of aromatic nitrogens is 3. The van der Waals surface area contributed by atoms with Crippen molar-refractivity contribution in [2.75, 3.05) is 41.3 Å². The number of alkyl halides is 3. The molecule has 1 N–H and O–H groups in total. The maximum Gasteiger partial charge on any atom is 0.430 e. The normalized spacial score (nSPS) is 12.3. The fraction of sp³-hybridized carbons (Fsp3) is 0.364. The number of nitrogens with one attached hydrogen (secondary N) is 1. The lowest BCUT2D eigenvalue weighted by atomic mass is 9.83. The van der Waals surface area contributed by atoms with Gasteiger partial charge in [-0.05, 0) is 67.9 Å². The van der Waals surface area contributed by atoms with Gasteiger partial charge >= 0.3 is 6.18 Å². The number of sulfonamides is 1. The standard InChI is InChI=1S/C31H36ClF3N5O3S2.C2HF3O2/c1-31(2,20-8-13-25(32)28(16-20)43-6)29-37-38-30(39(29)22-11-9-21(33)10-12-22)44-19-24-26(34)17-23(18-27(24)35)45(41,42)36-14-7-15-40(3,4)5;3-2(4,5)1(6)7/h8-13,16-18,36H,7,14-15,19H2,1-6H3;(H,6,7)/q+1;/p-1. The van der Waals surface area contributed by atoms with Crippen LogP contribution in [0.3, 0.4) is 0 Å². The minimum absolute atomic E-state index is 0.138. The van der Waals surface area contributed by atoms with Crippen LogP contribution in [0.5, 0.6) is 5.75 Å². The molecule has 0 bridgehead atoms. The molecule has 0 atom stereocenters. The van der Waals surface area contributed by atoms with Crippen LogP contribution in [0.15, 0.2) is 64.6 Å². The molecule has 4 aromatic rings. The Hall–Kier alpha value is -3.84. The quantitative estimate of drug-likeness (QED) is 0.0799. The summed E-state index contributed by atoms with van der Waals surface area (Å²) in [6.07, 6.45) is -4.64. The SMILES string of the molecule is COc1cc(C(C)(C)c2nnc(SCc3c(F)cc(S(=O)(=O)NCCC[N+](C)(C)C)cc3F)n2-c2ccc(F)cc2)ccc1Cl.O=C([O-])C(F)(F)F. The number of benzene rings is 3. The third-order valence-corrected chi connectivity index (χ3v) is 10.2. The number of halogens is 7. The van der Waals surface area contributed by atoms with Crippen molar-refractivity contribution in [1.82, 2.24) is 19.5 Å². The van der Waals surface area contributed by atoms with Gasteiger partial charge in [-0.2, -0.15) is 13.2 Å². The van der Waals surface area contributed by atoms with E-state index in [1.807, 2.05) is 41.1 Å². The molecule has 284 valence electrons. The van der Waals surface area contributed by atoms with Gasteiger partial charge in [-0.3, -0.25) is 4.57 Å². The van der Waals surface area contributed by atoms with Gasteiger partial charge in [0.25, 0.3) is 0 Å². The predicted octanol–water partition coefficient (Wildman–Crippen LogP) is 5.64. The monoisotopic (exact) mass is 795 g/mol. The molecule has 0 unspecified atom stereocenters. The summed E-state index contributed by atoms with van der Waals surface area (Å²) in [5, 5.41) is 18.3. The molecule has 3 aromatic carbocycles. The Labute approximate surface area is 306 Å². The van der Waals surface area contributed by atoms with Gasteiger partial charge in [-0.1, -0.05) is 29.4 Å². The third kappa shape index (κ3) is 11.1. The molecule has 0 aliphatic heterocycles. The number of hydrogen-bond donors (Lipinski definition) is 1. The van der Waals surface area contributed by atoms with Gasteiger partial charge in [-0.15, -0.1) is 10.2 Å². The number of hydrogen-bond acceptors (Lipinski definition) is 8. The number of carbonyl (C=O) groups is 1. The molecule has 0 saturated carbocycles. The third-order valence-electron chi connectivity index (χ3n) is 7.45. The zero-order valence-electron chi connectivity index (χ0n) is 28.8. The Bertz CT molecular complexity index is 1960. The van der Waals surface area contributed by atoms with Gasteiger partial charge in [0.15, 0.2) is 5.16 Å². The minimum Gasteiger partial charge on any atom is -0.542 e. The second-order valence-electron chi connectivity index (χ2n) is 12.8. The fourth-order valence-corrected chi connectivity index (χ4v) is 6.88. The van der Waals surface area contributed by atoms with Gasteiger partial charge in [-0.25, -0.2) is 26.3 Å². The lowest BCUT2D eigenvalue weighted by molar-refractivity contribution is -0.870. The summed E-state index contributed by atoms with van der Waals surface area (Å²) in [6, 6.07) is 12.7. The molecule has 19 heteroatoms. The lowest BCUT2D eigenvalue weighted by Crippen LogP contribution is -2.37. The van der Waals surface area contributed by atoms with Crippen LogP contribution >= 0.6 is 23.4 Å². The van der Waals surface area contributed by atoms with Gasteiger partial charge in [0.05, 0.1) is 50.1 Å². The lowest BCUT2D eigenvalue weighted by Gasteiger charge is -2.26. The topological polar surface area (TPSA) is 126 Å². The highest BCUT2D eigenvalue weighted by atomic mass is 35.5. The van der Waals surface area contributed by atoms with Crippen LogP contribution < -0.4 is 14.6 Å². The van der Waals surface area contributed by atoms with Crippen LogP contribution in [0.1, 0.15) is 37.2 Å². The zero-order valence-corrected chi connectivity index (χ0v) is 31.2. The largest absolute Gasteiger partial charge is 0.542 e. The molecule has 0 spiro atoms. The Morgan fingerprint density at radius 3 is 2.10 bits per heavy atom. The van der Waals surface area contributed by atoms with Crippen molar-refractivity contribution in [2.45, 2.75) is 47.7 Å². The van der Waals surface area contributed by atoms with Gasteiger partial charge < -0.3 is 19.1 Å². The van der Waals surface area contributed by atoms with E-state index in [1.54, 1.807) is 28.8 Å². The first-order valence-corrected chi connectivity index (χ1v) is 18.1. The van der Waals surface area contributed by atoms with E-state index in [1.165, 1.54) is 19.2 Å². The van der Waals surface area contributed by atoms with Crippen molar-refractivity contribution in [3.8, 4) is 11.4 Å². The van der Waals surface area contributed by atoms with Gasteiger partial charge in [0.2, 0.25) is 10.0 Å². The van der Waals surface area contributed by atoms with Crippen LogP contribution in [-0.2, 0) is 26.0 Å². The van der Waals surface area contributed by atoms with Crippen LogP contribution in [0, 0.1) is 17.5 Å². The number of carbonyl (C=O) groups excluding carboxylic acids is 1. The summed E-state index contributed by atoms with van der Waals surface area (Å²) in [5.41, 5.74) is 0.243. The number of carboxylic acid groups (broad SMARTS) is 1. The second kappa shape index (κ2) is 16.9. The van der Waals surface area contributed by atoms with Crippen molar-refractivity contribution in [2.24, 2.45) is 0 Å². The second-order valence-corrected chi connectivity index (χ2v) is 15.9. The van der Waals surface area contributed by atoms with Gasteiger partial charge in [0, 0.05) is 30.0 Å². The number of nitrogens with zero attached hydrogens (tertiary/aromatic N) is 4. The molecular formula is C33H36ClF6N5O5S2. The van der Waals surface area contributed by atoms with Gasteiger partial charge in [0.1, 0.15) is 35.0 Å². The number of rotatable bonds is 13. The Balaban J connectivity index is 0.000000944. The number of methoxy groups -OCH3 is 1. The Morgan fingerprint density at radius 1 is 1.00 bits per heavy atom. The van der Waals surface area contributed by atoms with E-state index in [-0.39, 0.29) is 17.9 Å². The molecule has 1 aromatic heterocycles. The number of thioether (sulfide) groups is 1. The highest BCUT2D eigenvalue weighted by molar-refractivity contribution is 7.98. The van der Waals surface area contributed by atoms with E-state index in [9.17, 15) is 26.0 Å². The first kappa shape index (κ1) is 42.6. The maximum absolute atomic E-state index is 15.2. The van der Waals surface area contributed by atoms with E-state index in [0.29, 0.717) is 38.3 Å². The van der Waals surface area contributed by atoms with E-state index < -0.39 is 49.9 Å². The summed E-state index contributed by atoms with van der Waals surface area (Å²) < 4.78 is 111. The van der Waals surface area contributed by atoms with E-state index >= 15 is 8.78 Å². The number of carboxylic acids is 1. The summed E-state index contributed by atoms with van der Waals surface area (Å²) in [4.78, 5) is 8.29. The van der Waals surface area contributed by atoms with E-state index in [4.69, 9.17) is 26.2 Å². The van der Waals surface area contributed by atoms with Crippen molar-refractivity contribution >= 4 is 39.4 Å². The van der Waals surface area contributed by atoms with Crippen LogP contribution in [0.25, 0.3) is 5.69 Å². The van der Waals surface area contributed by atoms with E-state index in [0.717, 1.165) is 36.0 Å².